The summed E-state index contributed by atoms with van der Waals surface area (Å²) < 4.78 is 0. The summed E-state index contributed by atoms with van der Waals surface area (Å²) in [4.78, 5) is 37.4. The van der Waals surface area contributed by atoms with Gasteiger partial charge in [0.1, 0.15) is 18.8 Å². The van der Waals surface area contributed by atoms with Gasteiger partial charge in [-0.15, -0.1) is 0 Å². The van der Waals surface area contributed by atoms with Crippen LogP contribution in [-0.2, 0) is 14.4 Å². The number of carboxylic acid groups (broad SMARTS) is 1. The number of hydrogen-bond donors (Lipinski definition) is 1. The molecule has 2 atom stereocenters. The first-order chi connectivity index (χ1) is 8.06. The molecular weight excluding hydrogens is 224 g/mol. The molecule has 0 bridgehead atoms. The molecule has 0 aromatic heterocycles. The van der Waals surface area contributed by atoms with E-state index in [2.05, 4.69) is 0 Å². The molecule has 2 saturated heterocycles. The van der Waals surface area contributed by atoms with Crippen LogP contribution >= 0.6 is 0 Å². The number of carbonyl (C=O) groups excluding carboxylic acids is 2. The maximum Gasteiger partial charge on any atom is 0.323 e. The van der Waals surface area contributed by atoms with Crippen molar-refractivity contribution in [2.75, 3.05) is 6.54 Å². The van der Waals surface area contributed by atoms with E-state index in [0.29, 0.717) is 19.3 Å². The molecular formula is C11H16N2O4. The van der Waals surface area contributed by atoms with E-state index in [-0.39, 0.29) is 24.5 Å². The summed E-state index contributed by atoms with van der Waals surface area (Å²) in [7, 11) is 0. The molecule has 0 saturated carbocycles. The van der Waals surface area contributed by atoms with E-state index in [4.69, 9.17) is 5.11 Å². The third-order valence-electron chi connectivity index (χ3n) is 3.36. The van der Waals surface area contributed by atoms with Gasteiger partial charge in [0.15, 0.2) is 0 Å². The standard InChI is InChI=1S/C11H16N2O4/c1-2-3-7-11(17)12(6-10(15)16)8-4-5-9(14)13(7)8/h7-8H,2-6H2,1H3,(H,15,16)/t7-,8-/m0/s1. The zero-order valence-corrected chi connectivity index (χ0v) is 9.76. The number of fused-ring (bicyclic) bond motifs is 1. The highest BCUT2D eigenvalue weighted by Gasteiger charge is 2.51. The molecule has 2 aliphatic rings. The van der Waals surface area contributed by atoms with Gasteiger partial charge in [0.25, 0.3) is 0 Å². The SMILES string of the molecule is CCC[C@H]1C(=O)N(CC(=O)O)[C@@H]2CCC(=O)N12. The molecule has 2 aliphatic heterocycles. The number of rotatable bonds is 4. The van der Waals surface area contributed by atoms with Crippen molar-refractivity contribution in [3.8, 4) is 0 Å². The smallest absolute Gasteiger partial charge is 0.323 e. The zero-order valence-electron chi connectivity index (χ0n) is 9.76. The van der Waals surface area contributed by atoms with Gasteiger partial charge < -0.3 is 14.9 Å². The lowest BCUT2D eigenvalue weighted by molar-refractivity contribution is -0.144. The predicted molar refractivity (Wildman–Crippen MR) is 57.9 cm³/mol. The molecule has 6 heteroatoms. The van der Waals surface area contributed by atoms with E-state index >= 15 is 0 Å². The maximum atomic E-state index is 12.1. The third-order valence-corrected chi connectivity index (χ3v) is 3.36. The molecule has 2 fully saturated rings. The minimum absolute atomic E-state index is 0.0327. The lowest BCUT2D eigenvalue weighted by Crippen LogP contribution is -2.39. The monoisotopic (exact) mass is 240 g/mol. The Hall–Kier alpha value is -1.59. The van der Waals surface area contributed by atoms with Crippen molar-refractivity contribution in [2.45, 2.75) is 44.8 Å². The van der Waals surface area contributed by atoms with Crippen LogP contribution in [0.4, 0.5) is 0 Å². The minimum atomic E-state index is -1.03. The lowest BCUT2D eigenvalue weighted by atomic mass is 10.1. The summed E-state index contributed by atoms with van der Waals surface area (Å²) >= 11 is 0. The molecule has 2 heterocycles. The summed E-state index contributed by atoms with van der Waals surface area (Å²) in [6.45, 7) is 1.64. The van der Waals surface area contributed by atoms with Gasteiger partial charge in [0.2, 0.25) is 11.8 Å². The van der Waals surface area contributed by atoms with E-state index < -0.39 is 12.0 Å². The summed E-state index contributed by atoms with van der Waals surface area (Å²) in [6, 6.07) is -0.445. The summed E-state index contributed by atoms with van der Waals surface area (Å²) in [5.74, 6) is -1.28. The van der Waals surface area contributed by atoms with Crippen LogP contribution in [0.2, 0.25) is 0 Å². The topological polar surface area (TPSA) is 77.9 Å². The molecule has 17 heavy (non-hydrogen) atoms. The second kappa shape index (κ2) is 4.35. The van der Waals surface area contributed by atoms with Crippen molar-refractivity contribution in [2.24, 2.45) is 0 Å². The Morgan fingerprint density at radius 3 is 2.76 bits per heavy atom. The van der Waals surface area contributed by atoms with E-state index in [1.54, 1.807) is 4.90 Å². The van der Waals surface area contributed by atoms with E-state index in [1.165, 1.54) is 4.90 Å². The lowest BCUT2D eigenvalue weighted by Gasteiger charge is -2.23. The van der Waals surface area contributed by atoms with E-state index in [9.17, 15) is 14.4 Å². The van der Waals surface area contributed by atoms with Gasteiger partial charge in [-0.25, -0.2) is 0 Å². The average Bonchev–Trinajstić information content (AvgIpc) is 2.73. The fraction of sp³-hybridized carbons (Fsp3) is 0.727. The molecule has 94 valence electrons. The van der Waals surface area contributed by atoms with Crippen molar-refractivity contribution in [3.63, 3.8) is 0 Å². The van der Waals surface area contributed by atoms with Gasteiger partial charge in [-0.05, 0) is 12.8 Å². The summed E-state index contributed by atoms with van der Waals surface area (Å²) in [6.07, 6.45) is 2.04. The molecule has 0 aromatic rings. The number of aliphatic carboxylic acids is 1. The van der Waals surface area contributed by atoms with Crippen molar-refractivity contribution >= 4 is 17.8 Å². The Morgan fingerprint density at radius 2 is 2.18 bits per heavy atom. The van der Waals surface area contributed by atoms with Crippen LogP contribution in [0, 0.1) is 0 Å². The fourth-order valence-electron chi connectivity index (χ4n) is 2.70. The molecule has 0 radical (unpaired) electrons. The third kappa shape index (κ3) is 1.87. The fourth-order valence-corrected chi connectivity index (χ4v) is 2.70. The van der Waals surface area contributed by atoms with Gasteiger partial charge in [-0.1, -0.05) is 13.3 Å². The van der Waals surface area contributed by atoms with Crippen molar-refractivity contribution < 1.29 is 19.5 Å². The molecule has 0 aromatic carbocycles. The molecule has 6 nitrogen and oxygen atoms in total. The summed E-state index contributed by atoms with van der Waals surface area (Å²) in [5, 5.41) is 8.80. The first-order valence-corrected chi connectivity index (χ1v) is 5.89. The van der Waals surface area contributed by atoms with Gasteiger partial charge in [-0.3, -0.25) is 14.4 Å². The quantitative estimate of drug-likeness (QED) is 0.752. The van der Waals surface area contributed by atoms with Gasteiger partial charge in [0, 0.05) is 6.42 Å². The van der Waals surface area contributed by atoms with Gasteiger partial charge in [-0.2, -0.15) is 0 Å². The first-order valence-electron chi connectivity index (χ1n) is 5.89. The molecule has 2 amide bonds. The largest absolute Gasteiger partial charge is 0.480 e. The number of carbonyl (C=O) groups is 3. The number of carboxylic acids is 1. The average molecular weight is 240 g/mol. The highest BCUT2D eigenvalue weighted by molar-refractivity contribution is 5.94. The van der Waals surface area contributed by atoms with Gasteiger partial charge >= 0.3 is 5.97 Å². The second-order valence-corrected chi connectivity index (χ2v) is 4.48. The highest BCUT2D eigenvalue weighted by Crippen LogP contribution is 2.33. The number of amides is 2. The normalized spacial score (nSPS) is 27.8. The Morgan fingerprint density at radius 1 is 1.47 bits per heavy atom. The van der Waals surface area contributed by atoms with Crippen LogP contribution in [0.1, 0.15) is 32.6 Å². The van der Waals surface area contributed by atoms with Crippen LogP contribution in [0.25, 0.3) is 0 Å². The van der Waals surface area contributed by atoms with Crippen LogP contribution in [0.5, 0.6) is 0 Å². The number of nitrogens with zero attached hydrogens (tertiary/aromatic N) is 2. The number of hydrogen-bond acceptors (Lipinski definition) is 3. The Bertz CT molecular complexity index is 368. The predicted octanol–water partition coefficient (Wildman–Crippen LogP) is 0.0304. The first kappa shape index (κ1) is 11.9. The molecule has 2 rings (SSSR count). The van der Waals surface area contributed by atoms with E-state index in [0.717, 1.165) is 6.42 Å². The Balaban J connectivity index is 2.22. The Labute approximate surface area is 99.2 Å². The zero-order chi connectivity index (χ0) is 12.6. The van der Waals surface area contributed by atoms with Crippen molar-refractivity contribution in [1.29, 1.82) is 0 Å². The molecule has 0 unspecified atom stereocenters. The maximum absolute atomic E-state index is 12.1. The summed E-state index contributed by atoms with van der Waals surface area (Å²) in [5.41, 5.74) is 0. The van der Waals surface area contributed by atoms with Gasteiger partial charge in [0.05, 0.1) is 0 Å². The van der Waals surface area contributed by atoms with Crippen molar-refractivity contribution in [3.05, 3.63) is 0 Å². The van der Waals surface area contributed by atoms with Crippen LogP contribution in [-0.4, -0.2) is 51.4 Å². The van der Waals surface area contributed by atoms with Crippen LogP contribution < -0.4 is 0 Å². The van der Waals surface area contributed by atoms with Crippen molar-refractivity contribution in [1.82, 2.24) is 9.80 Å². The van der Waals surface area contributed by atoms with Crippen LogP contribution in [0.15, 0.2) is 0 Å². The van der Waals surface area contributed by atoms with E-state index in [1.807, 2.05) is 6.92 Å². The molecule has 1 N–H and O–H groups in total. The molecule has 0 aliphatic carbocycles. The molecule has 0 spiro atoms. The van der Waals surface area contributed by atoms with Crippen LogP contribution in [0.3, 0.4) is 0 Å². The highest BCUT2D eigenvalue weighted by atomic mass is 16.4. The minimum Gasteiger partial charge on any atom is -0.480 e. The Kier molecular flexibility index (Phi) is 3.04. The second-order valence-electron chi connectivity index (χ2n) is 4.48.